The van der Waals surface area contributed by atoms with Crippen molar-refractivity contribution in [3.05, 3.63) is 110 Å². The van der Waals surface area contributed by atoms with Gasteiger partial charge < -0.3 is 15.0 Å². The van der Waals surface area contributed by atoms with Gasteiger partial charge in [-0.1, -0.05) is 47.5 Å². The third kappa shape index (κ3) is 4.80. The molecule has 40 heavy (non-hydrogen) atoms. The number of benzene rings is 3. The summed E-state index contributed by atoms with van der Waals surface area (Å²) in [5, 5.41) is 14.0. The molecule has 0 radical (unpaired) electrons. The lowest BCUT2D eigenvalue weighted by Crippen LogP contribution is -2.42. The normalized spacial score (nSPS) is 12.0. The van der Waals surface area contributed by atoms with Crippen molar-refractivity contribution in [1.82, 2.24) is 14.9 Å². The van der Waals surface area contributed by atoms with Gasteiger partial charge in [0.1, 0.15) is 11.9 Å². The number of carboxylic acid groups (broad SMARTS) is 1. The number of hydrogen-bond donors (Lipinski definition) is 2. The summed E-state index contributed by atoms with van der Waals surface area (Å²) in [5.74, 6) is -2.41. The maximum atomic E-state index is 13.9. The molecule has 0 aliphatic rings. The second-order valence-corrected chi connectivity index (χ2v) is 10.2. The van der Waals surface area contributed by atoms with E-state index in [1.54, 1.807) is 49.6 Å². The minimum Gasteiger partial charge on any atom is -0.480 e. The number of aryl methyl sites for hydroxylation is 2. The first-order chi connectivity index (χ1) is 19.1. The number of carbonyl (C=O) groups is 2. The molecule has 5 rings (SSSR count). The van der Waals surface area contributed by atoms with Gasteiger partial charge in [0.15, 0.2) is 0 Å². The summed E-state index contributed by atoms with van der Waals surface area (Å²) in [5.41, 5.74) is 2.91. The molecule has 2 aromatic heterocycles. The van der Waals surface area contributed by atoms with Gasteiger partial charge in [0, 0.05) is 30.4 Å². The number of nitrogens with one attached hydrogen (secondary N) is 1. The Bertz CT molecular complexity index is 1880. The SMILES string of the molecule is Cc1c(-c2ccc(CC(NC(=O)c3c(Cl)cccc3Cl)C(=O)O)c3ncccc23)c(=O)n(C)c2cc(F)ccc12. The van der Waals surface area contributed by atoms with E-state index in [0.29, 0.717) is 38.7 Å². The van der Waals surface area contributed by atoms with Crippen molar-refractivity contribution in [3.8, 4) is 11.1 Å². The summed E-state index contributed by atoms with van der Waals surface area (Å²) in [6, 6.07) is 14.5. The van der Waals surface area contributed by atoms with E-state index in [1.807, 2.05) is 6.92 Å². The molecule has 1 unspecified atom stereocenters. The largest absolute Gasteiger partial charge is 0.480 e. The molecule has 7 nitrogen and oxygen atoms in total. The van der Waals surface area contributed by atoms with Crippen molar-refractivity contribution >= 4 is 56.9 Å². The molecule has 10 heteroatoms. The van der Waals surface area contributed by atoms with Crippen LogP contribution in [0.3, 0.4) is 0 Å². The fraction of sp³-hybridized carbons (Fsp3) is 0.133. The Hall–Kier alpha value is -4.27. The van der Waals surface area contributed by atoms with Gasteiger partial charge in [-0.25, -0.2) is 9.18 Å². The Morgan fingerprint density at radius 1 is 1.05 bits per heavy atom. The topological polar surface area (TPSA) is 101 Å². The number of pyridine rings is 2. The third-order valence-electron chi connectivity index (χ3n) is 6.96. The number of amides is 1. The highest BCUT2D eigenvalue weighted by molar-refractivity contribution is 6.39. The molecular formula is C30H22Cl2FN3O4. The highest BCUT2D eigenvalue weighted by Gasteiger charge is 2.26. The van der Waals surface area contributed by atoms with Crippen molar-refractivity contribution < 1.29 is 19.1 Å². The van der Waals surface area contributed by atoms with Crippen LogP contribution in [0.2, 0.25) is 10.0 Å². The highest BCUT2D eigenvalue weighted by Crippen LogP contribution is 2.33. The molecule has 202 valence electrons. The van der Waals surface area contributed by atoms with E-state index in [-0.39, 0.29) is 27.6 Å². The van der Waals surface area contributed by atoms with Gasteiger partial charge >= 0.3 is 5.97 Å². The van der Waals surface area contributed by atoms with E-state index >= 15 is 0 Å². The third-order valence-corrected chi connectivity index (χ3v) is 7.59. The van der Waals surface area contributed by atoms with Crippen LogP contribution in [0.5, 0.6) is 0 Å². The Morgan fingerprint density at radius 3 is 2.48 bits per heavy atom. The molecule has 0 spiro atoms. The zero-order valence-electron chi connectivity index (χ0n) is 21.3. The summed E-state index contributed by atoms with van der Waals surface area (Å²) in [6.07, 6.45) is 1.48. The minimum atomic E-state index is -1.32. The van der Waals surface area contributed by atoms with E-state index in [4.69, 9.17) is 23.2 Å². The van der Waals surface area contributed by atoms with E-state index in [1.165, 1.54) is 28.8 Å². The van der Waals surface area contributed by atoms with Crippen LogP contribution < -0.4 is 10.9 Å². The maximum absolute atomic E-state index is 13.9. The molecule has 0 aliphatic heterocycles. The van der Waals surface area contributed by atoms with Crippen LogP contribution >= 0.6 is 23.2 Å². The zero-order valence-corrected chi connectivity index (χ0v) is 22.8. The van der Waals surface area contributed by atoms with Crippen LogP contribution in [0, 0.1) is 12.7 Å². The number of aromatic nitrogens is 2. The number of rotatable bonds is 6. The lowest BCUT2D eigenvalue weighted by molar-refractivity contribution is -0.139. The molecule has 0 fully saturated rings. The van der Waals surface area contributed by atoms with E-state index in [0.717, 1.165) is 5.39 Å². The quantitative estimate of drug-likeness (QED) is 0.260. The summed E-state index contributed by atoms with van der Waals surface area (Å²) in [7, 11) is 1.59. The first-order valence-corrected chi connectivity index (χ1v) is 13.0. The van der Waals surface area contributed by atoms with Gasteiger partial charge in [-0.15, -0.1) is 0 Å². The lowest BCUT2D eigenvalue weighted by Gasteiger charge is -2.18. The van der Waals surface area contributed by atoms with Crippen LogP contribution in [0.15, 0.2) is 71.7 Å². The van der Waals surface area contributed by atoms with Crippen molar-refractivity contribution in [2.75, 3.05) is 0 Å². The van der Waals surface area contributed by atoms with Gasteiger partial charge in [0.2, 0.25) is 0 Å². The molecule has 0 saturated heterocycles. The molecule has 5 aromatic rings. The van der Waals surface area contributed by atoms with Crippen LogP contribution in [-0.4, -0.2) is 32.6 Å². The van der Waals surface area contributed by atoms with E-state index in [9.17, 15) is 23.9 Å². The Labute approximate surface area is 237 Å². The second-order valence-electron chi connectivity index (χ2n) is 9.36. The minimum absolute atomic E-state index is 0.0158. The second kappa shape index (κ2) is 10.7. The average Bonchev–Trinajstić information content (AvgIpc) is 2.92. The predicted molar refractivity (Wildman–Crippen MR) is 154 cm³/mol. The van der Waals surface area contributed by atoms with Gasteiger partial charge in [-0.3, -0.25) is 14.6 Å². The monoisotopic (exact) mass is 577 g/mol. The number of halogens is 3. The molecule has 0 saturated carbocycles. The molecule has 2 N–H and O–H groups in total. The standard InChI is InChI=1S/C30H22Cl2FN3O4/c1-15-18-11-9-17(33)14-24(18)36(2)29(38)25(15)19-10-8-16(27-20(19)5-4-12-34-27)13-23(30(39)40)35-28(37)26-21(31)6-3-7-22(26)32/h3-12,14,23H,13H2,1-2H3,(H,35,37)(H,39,40). The van der Waals surface area contributed by atoms with Crippen molar-refractivity contribution in [2.24, 2.45) is 7.05 Å². The number of fused-ring (bicyclic) bond motifs is 2. The fourth-order valence-electron chi connectivity index (χ4n) is 4.97. The maximum Gasteiger partial charge on any atom is 0.326 e. The fourth-order valence-corrected chi connectivity index (χ4v) is 5.54. The molecule has 1 atom stereocenters. The Kier molecular flexibility index (Phi) is 7.31. The first-order valence-electron chi connectivity index (χ1n) is 12.2. The van der Waals surface area contributed by atoms with Crippen molar-refractivity contribution in [1.29, 1.82) is 0 Å². The molecule has 0 bridgehead atoms. The number of nitrogens with zero attached hydrogens (tertiary/aromatic N) is 2. The van der Waals surface area contributed by atoms with Crippen LogP contribution in [0.4, 0.5) is 4.39 Å². The Morgan fingerprint density at radius 2 is 1.77 bits per heavy atom. The van der Waals surface area contributed by atoms with Crippen molar-refractivity contribution in [2.45, 2.75) is 19.4 Å². The van der Waals surface area contributed by atoms with Gasteiger partial charge in [-0.2, -0.15) is 0 Å². The van der Waals surface area contributed by atoms with Crippen molar-refractivity contribution in [3.63, 3.8) is 0 Å². The van der Waals surface area contributed by atoms with Gasteiger partial charge in [0.05, 0.1) is 32.2 Å². The predicted octanol–water partition coefficient (Wildman–Crippen LogP) is 5.93. The zero-order chi connectivity index (χ0) is 28.7. The van der Waals surface area contributed by atoms with E-state index < -0.39 is 23.7 Å². The summed E-state index contributed by atoms with van der Waals surface area (Å²) >= 11 is 12.3. The number of aliphatic carboxylic acids is 1. The van der Waals surface area contributed by atoms with Crippen LogP contribution in [0.1, 0.15) is 21.5 Å². The Balaban J connectivity index is 1.59. The highest BCUT2D eigenvalue weighted by atomic mass is 35.5. The molecule has 0 aliphatic carbocycles. The van der Waals surface area contributed by atoms with Gasteiger partial charge in [0.25, 0.3) is 11.5 Å². The smallest absolute Gasteiger partial charge is 0.326 e. The van der Waals surface area contributed by atoms with Crippen LogP contribution in [0.25, 0.3) is 32.9 Å². The average molecular weight is 578 g/mol. The number of carbonyl (C=O) groups excluding carboxylic acids is 1. The molecular weight excluding hydrogens is 556 g/mol. The molecule has 3 aromatic carbocycles. The summed E-state index contributed by atoms with van der Waals surface area (Å²) in [4.78, 5) is 43.1. The van der Waals surface area contributed by atoms with E-state index in [2.05, 4.69) is 10.3 Å². The molecule has 2 heterocycles. The first kappa shape index (κ1) is 27.3. The molecule has 1 amide bonds. The summed E-state index contributed by atoms with van der Waals surface area (Å²) < 4.78 is 15.3. The number of hydrogen-bond acceptors (Lipinski definition) is 4. The number of carboxylic acids is 1. The van der Waals surface area contributed by atoms with Crippen LogP contribution in [-0.2, 0) is 18.3 Å². The lowest BCUT2D eigenvalue weighted by atomic mass is 9.92. The summed E-state index contributed by atoms with van der Waals surface area (Å²) in [6.45, 7) is 1.81. The van der Waals surface area contributed by atoms with Gasteiger partial charge in [-0.05, 0) is 60.0 Å².